The van der Waals surface area contributed by atoms with Gasteiger partial charge in [-0.15, -0.1) is 10.2 Å². The molecule has 0 radical (unpaired) electrons. The molecule has 28 heavy (non-hydrogen) atoms. The van der Waals surface area contributed by atoms with Gasteiger partial charge in [0, 0.05) is 30.2 Å². The molecule has 4 rings (SSSR count). The summed E-state index contributed by atoms with van der Waals surface area (Å²) in [5.41, 5.74) is 2.42. The molecule has 2 heterocycles. The first kappa shape index (κ1) is 18.1. The van der Waals surface area contributed by atoms with Crippen molar-refractivity contribution in [2.45, 2.75) is 26.4 Å². The lowest BCUT2D eigenvalue weighted by Gasteiger charge is -2.30. The number of ether oxygens (including phenoxy) is 1. The molecule has 1 aliphatic heterocycles. The molecule has 1 aromatic heterocycles. The summed E-state index contributed by atoms with van der Waals surface area (Å²) in [6.45, 7) is -0.693. The van der Waals surface area contributed by atoms with Crippen LogP contribution < -0.4 is 9.64 Å². The van der Waals surface area contributed by atoms with Crippen LogP contribution in [0.5, 0.6) is 5.75 Å². The zero-order valence-corrected chi connectivity index (χ0v) is 15.1. The second-order valence-electron chi connectivity index (χ2n) is 6.40. The van der Waals surface area contributed by atoms with Gasteiger partial charge in [-0.25, -0.2) is 0 Å². The van der Waals surface area contributed by atoms with Crippen LogP contribution in [0.1, 0.15) is 28.2 Å². The van der Waals surface area contributed by atoms with Crippen molar-refractivity contribution < 1.29 is 22.7 Å². The SMILES string of the molecule is Cc1nnc(-c2ccc(C(=O)N3CCCc4c(OC(F)F)cccc43)cc2)o1. The number of hydrogen-bond acceptors (Lipinski definition) is 5. The van der Waals surface area contributed by atoms with Gasteiger partial charge in [-0.2, -0.15) is 8.78 Å². The third-order valence-electron chi connectivity index (χ3n) is 4.57. The quantitative estimate of drug-likeness (QED) is 0.672. The summed E-state index contributed by atoms with van der Waals surface area (Å²) in [4.78, 5) is 14.6. The molecule has 2 aromatic carbocycles. The summed E-state index contributed by atoms with van der Waals surface area (Å²) in [5, 5.41) is 7.75. The Hall–Kier alpha value is -3.29. The third kappa shape index (κ3) is 3.45. The Balaban J connectivity index is 1.61. The fourth-order valence-corrected chi connectivity index (χ4v) is 3.33. The van der Waals surface area contributed by atoms with Crippen LogP contribution >= 0.6 is 0 Å². The first-order valence-electron chi connectivity index (χ1n) is 8.82. The number of carbonyl (C=O) groups is 1. The molecule has 144 valence electrons. The van der Waals surface area contributed by atoms with Crippen molar-refractivity contribution in [3.8, 4) is 17.2 Å². The van der Waals surface area contributed by atoms with Crippen molar-refractivity contribution in [1.82, 2.24) is 10.2 Å². The number of hydrogen-bond donors (Lipinski definition) is 0. The number of aryl methyl sites for hydroxylation is 1. The number of halogens is 2. The van der Waals surface area contributed by atoms with Crippen LogP contribution in [0.4, 0.5) is 14.5 Å². The first-order chi connectivity index (χ1) is 13.5. The molecule has 8 heteroatoms. The molecule has 0 fully saturated rings. The van der Waals surface area contributed by atoms with E-state index in [1.807, 2.05) is 0 Å². The molecule has 0 spiro atoms. The Morgan fingerprint density at radius 1 is 1.18 bits per heavy atom. The van der Waals surface area contributed by atoms with Gasteiger partial charge < -0.3 is 14.1 Å². The summed E-state index contributed by atoms with van der Waals surface area (Å²) in [7, 11) is 0. The Bertz CT molecular complexity index is 1000. The molecule has 0 saturated heterocycles. The second-order valence-corrected chi connectivity index (χ2v) is 6.40. The number of amides is 1. The van der Waals surface area contributed by atoms with Gasteiger partial charge in [-0.1, -0.05) is 6.07 Å². The van der Waals surface area contributed by atoms with Crippen LogP contribution in [0.3, 0.4) is 0 Å². The minimum Gasteiger partial charge on any atom is -0.434 e. The number of alkyl halides is 2. The fraction of sp³-hybridized carbons (Fsp3) is 0.250. The Labute approximate surface area is 159 Å². The van der Waals surface area contributed by atoms with Crippen LogP contribution in [-0.2, 0) is 6.42 Å². The number of anilines is 1. The van der Waals surface area contributed by atoms with E-state index >= 15 is 0 Å². The topological polar surface area (TPSA) is 68.5 Å². The van der Waals surface area contributed by atoms with Crippen molar-refractivity contribution in [2.24, 2.45) is 0 Å². The van der Waals surface area contributed by atoms with Gasteiger partial charge in [-0.05, 0) is 49.2 Å². The maximum absolute atomic E-state index is 13.0. The first-order valence-corrected chi connectivity index (χ1v) is 8.82. The highest BCUT2D eigenvalue weighted by Gasteiger charge is 2.26. The minimum atomic E-state index is -2.90. The van der Waals surface area contributed by atoms with E-state index in [2.05, 4.69) is 14.9 Å². The molecular formula is C20H17F2N3O3. The number of nitrogens with zero attached hydrogens (tertiary/aromatic N) is 3. The molecule has 0 bridgehead atoms. The zero-order valence-electron chi connectivity index (χ0n) is 15.1. The van der Waals surface area contributed by atoms with Crippen LogP contribution in [0.2, 0.25) is 0 Å². The standard InChI is InChI=1S/C20H17F2N3O3/c1-12-23-24-18(27-12)13-7-9-14(10-8-13)19(26)25-11-3-4-15-16(25)5-2-6-17(15)28-20(21)22/h2,5-10,20H,3-4,11H2,1H3. The summed E-state index contributed by atoms with van der Waals surface area (Å²) in [5.74, 6) is 0.756. The molecule has 1 aliphatic rings. The lowest BCUT2D eigenvalue weighted by molar-refractivity contribution is -0.0504. The summed E-state index contributed by atoms with van der Waals surface area (Å²) in [6.07, 6.45) is 1.25. The summed E-state index contributed by atoms with van der Waals surface area (Å²) < 4.78 is 35.3. The number of carbonyl (C=O) groups excluding carboxylic acids is 1. The zero-order chi connectivity index (χ0) is 19.7. The average molecular weight is 385 g/mol. The third-order valence-corrected chi connectivity index (χ3v) is 4.57. The van der Waals surface area contributed by atoms with E-state index < -0.39 is 6.61 Å². The van der Waals surface area contributed by atoms with E-state index in [1.165, 1.54) is 6.07 Å². The molecule has 0 saturated carbocycles. The molecule has 0 atom stereocenters. The lowest BCUT2D eigenvalue weighted by atomic mass is 9.99. The number of benzene rings is 2. The van der Waals surface area contributed by atoms with E-state index in [4.69, 9.17) is 4.42 Å². The van der Waals surface area contributed by atoms with Gasteiger partial charge in [-0.3, -0.25) is 4.79 Å². The van der Waals surface area contributed by atoms with Crippen molar-refractivity contribution in [1.29, 1.82) is 0 Å². The summed E-state index contributed by atoms with van der Waals surface area (Å²) in [6, 6.07) is 11.7. The predicted octanol–water partition coefficient (Wildman–Crippen LogP) is 4.24. The Morgan fingerprint density at radius 3 is 2.64 bits per heavy atom. The van der Waals surface area contributed by atoms with E-state index in [0.717, 1.165) is 0 Å². The lowest BCUT2D eigenvalue weighted by Crippen LogP contribution is -2.35. The largest absolute Gasteiger partial charge is 0.434 e. The maximum Gasteiger partial charge on any atom is 0.387 e. The highest BCUT2D eigenvalue weighted by molar-refractivity contribution is 6.07. The molecule has 0 aliphatic carbocycles. The van der Waals surface area contributed by atoms with Crippen molar-refractivity contribution in [3.63, 3.8) is 0 Å². The molecule has 6 nitrogen and oxygen atoms in total. The van der Waals surface area contributed by atoms with Crippen LogP contribution in [0.15, 0.2) is 46.9 Å². The summed E-state index contributed by atoms with van der Waals surface area (Å²) >= 11 is 0. The van der Waals surface area contributed by atoms with Gasteiger partial charge in [0.05, 0.1) is 5.69 Å². The van der Waals surface area contributed by atoms with Crippen molar-refractivity contribution in [2.75, 3.05) is 11.4 Å². The average Bonchev–Trinajstić information content (AvgIpc) is 3.13. The second kappa shape index (κ2) is 7.38. The van der Waals surface area contributed by atoms with E-state index in [-0.39, 0.29) is 11.7 Å². The minimum absolute atomic E-state index is 0.118. The molecule has 1 amide bonds. The highest BCUT2D eigenvalue weighted by atomic mass is 19.3. The van der Waals surface area contributed by atoms with Crippen molar-refractivity contribution >= 4 is 11.6 Å². The van der Waals surface area contributed by atoms with E-state index in [9.17, 15) is 13.6 Å². The predicted molar refractivity (Wildman–Crippen MR) is 97.5 cm³/mol. The molecule has 3 aromatic rings. The monoisotopic (exact) mass is 385 g/mol. The molecular weight excluding hydrogens is 368 g/mol. The van der Waals surface area contributed by atoms with Gasteiger partial charge in [0.15, 0.2) is 0 Å². The van der Waals surface area contributed by atoms with Crippen LogP contribution in [0.25, 0.3) is 11.5 Å². The number of rotatable bonds is 4. The molecule has 0 unspecified atom stereocenters. The number of aromatic nitrogens is 2. The van der Waals surface area contributed by atoms with Gasteiger partial charge in [0.1, 0.15) is 5.75 Å². The van der Waals surface area contributed by atoms with Gasteiger partial charge >= 0.3 is 6.61 Å². The van der Waals surface area contributed by atoms with Crippen LogP contribution in [-0.4, -0.2) is 29.3 Å². The van der Waals surface area contributed by atoms with E-state index in [1.54, 1.807) is 48.2 Å². The van der Waals surface area contributed by atoms with E-state index in [0.29, 0.717) is 53.5 Å². The van der Waals surface area contributed by atoms with Gasteiger partial charge in [0.25, 0.3) is 5.91 Å². The van der Waals surface area contributed by atoms with Gasteiger partial charge in [0.2, 0.25) is 11.8 Å². The normalized spacial score (nSPS) is 13.5. The van der Waals surface area contributed by atoms with Crippen molar-refractivity contribution in [3.05, 3.63) is 59.5 Å². The smallest absolute Gasteiger partial charge is 0.387 e. The Kier molecular flexibility index (Phi) is 4.77. The maximum atomic E-state index is 13.0. The highest BCUT2D eigenvalue weighted by Crippen LogP contribution is 2.35. The molecule has 0 N–H and O–H groups in total. The fourth-order valence-electron chi connectivity index (χ4n) is 3.33. The number of fused-ring (bicyclic) bond motifs is 1. The Morgan fingerprint density at radius 2 is 1.96 bits per heavy atom. The van der Waals surface area contributed by atoms with Crippen LogP contribution in [0, 0.1) is 6.92 Å².